The number of fused-ring (bicyclic) bond motifs is 1. The van der Waals surface area contributed by atoms with Crippen LogP contribution in [-0.2, 0) is 7.05 Å². The summed E-state index contributed by atoms with van der Waals surface area (Å²) < 4.78 is 7.82. The van der Waals surface area contributed by atoms with Crippen molar-refractivity contribution in [3.8, 4) is 5.75 Å². The van der Waals surface area contributed by atoms with E-state index in [1.807, 2.05) is 36.9 Å². The van der Waals surface area contributed by atoms with E-state index in [-0.39, 0.29) is 5.91 Å². The van der Waals surface area contributed by atoms with Gasteiger partial charge in [-0.05, 0) is 43.9 Å². The quantitative estimate of drug-likeness (QED) is 0.701. The first-order chi connectivity index (χ1) is 13.1. The third kappa shape index (κ3) is 3.83. The van der Waals surface area contributed by atoms with Gasteiger partial charge in [0.05, 0.1) is 17.2 Å². The number of carbonyl (C=O) groups is 1. The van der Waals surface area contributed by atoms with Crippen LogP contribution in [0.4, 0.5) is 5.82 Å². The van der Waals surface area contributed by atoms with Gasteiger partial charge in [0, 0.05) is 18.6 Å². The first-order valence-electron chi connectivity index (χ1n) is 9.44. The summed E-state index contributed by atoms with van der Waals surface area (Å²) >= 11 is 1.43. The van der Waals surface area contributed by atoms with Gasteiger partial charge in [0.2, 0.25) is 0 Å². The van der Waals surface area contributed by atoms with E-state index in [9.17, 15) is 4.79 Å². The molecule has 142 valence electrons. The Bertz CT molecular complexity index is 922. The summed E-state index contributed by atoms with van der Waals surface area (Å²) in [5, 5.41) is 8.31. The smallest absolute Gasteiger partial charge is 0.267 e. The number of aryl methyl sites for hydroxylation is 2. The highest BCUT2D eigenvalue weighted by molar-refractivity contribution is 7.20. The summed E-state index contributed by atoms with van der Waals surface area (Å²) in [6, 6.07) is 5.59. The Hall–Kier alpha value is -2.41. The highest BCUT2D eigenvalue weighted by atomic mass is 32.1. The molecule has 3 aromatic rings. The first-order valence-corrected chi connectivity index (χ1v) is 10.3. The van der Waals surface area contributed by atoms with Crippen molar-refractivity contribution in [1.82, 2.24) is 14.8 Å². The molecule has 1 aliphatic carbocycles. The number of pyridine rings is 1. The maximum Gasteiger partial charge on any atom is 0.267 e. The second-order valence-corrected chi connectivity index (χ2v) is 8.19. The third-order valence-corrected chi connectivity index (χ3v) is 6.32. The zero-order valence-corrected chi connectivity index (χ0v) is 16.5. The molecule has 1 saturated carbocycles. The van der Waals surface area contributed by atoms with E-state index < -0.39 is 0 Å². The number of carbonyl (C=O) groups excluding carboxylic acids is 1. The van der Waals surface area contributed by atoms with E-state index in [1.54, 1.807) is 6.20 Å². The van der Waals surface area contributed by atoms with Gasteiger partial charge in [-0.2, -0.15) is 5.10 Å². The molecule has 7 heteroatoms. The Kier molecular flexibility index (Phi) is 5.11. The van der Waals surface area contributed by atoms with E-state index in [2.05, 4.69) is 15.4 Å². The van der Waals surface area contributed by atoms with Gasteiger partial charge < -0.3 is 10.1 Å². The van der Waals surface area contributed by atoms with Crippen molar-refractivity contribution in [3.63, 3.8) is 0 Å². The van der Waals surface area contributed by atoms with E-state index >= 15 is 0 Å². The van der Waals surface area contributed by atoms with E-state index in [1.165, 1.54) is 43.4 Å². The van der Waals surface area contributed by atoms with Gasteiger partial charge >= 0.3 is 0 Å². The standard InChI is InChI=1S/C20H24N4O2S/c1-13-15-11-17(27-20(15)24(2)23-13)19(25)22-18-16(9-6-10-21-18)26-12-14-7-4-3-5-8-14/h6,9-11,14H,3-5,7-8,12H2,1-2H3,(H,21,22,25). The molecule has 0 saturated heterocycles. The average molecular weight is 385 g/mol. The molecule has 0 spiro atoms. The molecular formula is C20H24N4O2S. The molecular weight excluding hydrogens is 360 g/mol. The molecule has 6 nitrogen and oxygen atoms in total. The van der Waals surface area contributed by atoms with Crippen LogP contribution >= 0.6 is 11.3 Å². The monoisotopic (exact) mass is 384 g/mol. The molecule has 1 fully saturated rings. The van der Waals surface area contributed by atoms with Crippen molar-refractivity contribution < 1.29 is 9.53 Å². The normalized spacial score (nSPS) is 15.2. The molecule has 0 atom stereocenters. The molecule has 1 N–H and O–H groups in total. The Labute approximate surface area is 162 Å². The van der Waals surface area contributed by atoms with Crippen molar-refractivity contribution >= 4 is 33.3 Å². The molecule has 0 radical (unpaired) electrons. The van der Waals surface area contributed by atoms with Crippen LogP contribution in [0.1, 0.15) is 47.5 Å². The number of amides is 1. The lowest BCUT2D eigenvalue weighted by atomic mass is 9.90. The predicted octanol–water partition coefficient (Wildman–Crippen LogP) is 4.55. The average Bonchev–Trinajstić information content (AvgIpc) is 3.24. The SMILES string of the molecule is Cc1nn(C)c2sc(C(=O)Nc3ncccc3OCC3CCCCC3)cc12. The third-order valence-electron chi connectivity index (χ3n) is 5.12. The summed E-state index contributed by atoms with van der Waals surface area (Å²) in [6.45, 7) is 2.63. The highest BCUT2D eigenvalue weighted by Crippen LogP contribution is 2.30. The summed E-state index contributed by atoms with van der Waals surface area (Å²) in [7, 11) is 1.89. The molecule has 4 rings (SSSR count). The lowest BCUT2D eigenvalue weighted by Gasteiger charge is -2.22. The predicted molar refractivity (Wildman–Crippen MR) is 108 cm³/mol. The van der Waals surface area contributed by atoms with Crippen molar-refractivity contribution in [2.45, 2.75) is 39.0 Å². The second kappa shape index (κ2) is 7.68. The maximum atomic E-state index is 12.7. The lowest BCUT2D eigenvalue weighted by molar-refractivity contribution is 0.102. The number of ether oxygens (including phenoxy) is 1. The van der Waals surface area contributed by atoms with Crippen LogP contribution in [0.3, 0.4) is 0 Å². The summed E-state index contributed by atoms with van der Waals surface area (Å²) in [6.07, 6.45) is 8.00. The van der Waals surface area contributed by atoms with E-state index in [0.29, 0.717) is 29.0 Å². The fourth-order valence-corrected chi connectivity index (χ4v) is 4.67. The molecule has 3 heterocycles. The zero-order chi connectivity index (χ0) is 18.8. The maximum absolute atomic E-state index is 12.7. The number of rotatable bonds is 5. The molecule has 1 amide bonds. The number of anilines is 1. The number of nitrogens with zero attached hydrogens (tertiary/aromatic N) is 3. The fourth-order valence-electron chi connectivity index (χ4n) is 3.65. The minimum atomic E-state index is -0.170. The minimum Gasteiger partial charge on any atom is -0.489 e. The molecule has 3 aromatic heterocycles. The number of nitrogens with one attached hydrogen (secondary N) is 1. The first kappa shape index (κ1) is 18.0. The summed E-state index contributed by atoms with van der Waals surface area (Å²) in [4.78, 5) is 18.7. The van der Waals surface area contributed by atoms with Gasteiger partial charge in [0.1, 0.15) is 4.83 Å². The highest BCUT2D eigenvalue weighted by Gasteiger charge is 2.18. The van der Waals surface area contributed by atoms with Crippen molar-refractivity contribution in [3.05, 3.63) is 35.0 Å². The molecule has 0 aromatic carbocycles. The molecule has 0 aliphatic heterocycles. The zero-order valence-electron chi connectivity index (χ0n) is 15.7. The molecule has 0 unspecified atom stereocenters. The summed E-state index contributed by atoms with van der Waals surface area (Å²) in [5.41, 5.74) is 0.928. The van der Waals surface area contributed by atoms with Gasteiger partial charge in [-0.15, -0.1) is 11.3 Å². The number of thiophene rings is 1. The number of hydrogen-bond acceptors (Lipinski definition) is 5. The Morgan fingerprint density at radius 2 is 2.19 bits per heavy atom. The molecule has 0 bridgehead atoms. The Balaban J connectivity index is 1.47. The lowest BCUT2D eigenvalue weighted by Crippen LogP contribution is -2.17. The summed E-state index contributed by atoms with van der Waals surface area (Å²) in [5.74, 6) is 1.54. The van der Waals surface area contributed by atoms with Crippen molar-refractivity contribution in [1.29, 1.82) is 0 Å². The molecule has 1 aliphatic rings. The number of hydrogen-bond donors (Lipinski definition) is 1. The van der Waals surface area contributed by atoms with Gasteiger partial charge in [0.15, 0.2) is 11.6 Å². The van der Waals surface area contributed by atoms with Gasteiger partial charge in [-0.25, -0.2) is 4.98 Å². The van der Waals surface area contributed by atoms with Crippen LogP contribution < -0.4 is 10.1 Å². The van der Waals surface area contributed by atoms with Crippen LogP contribution in [0, 0.1) is 12.8 Å². The number of aromatic nitrogens is 3. The van der Waals surface area contributed by atoms with Gasteiger partial charge in [0.25, 0.3) is 5.91 Å². The van der Waals surface area contributed by atoms with Crippen LogP contribution in [0.15, 0.2) is 24.4 Å². The van der Waals surface area contributed by atoms with Crippen molar-refractivity contribution in [2.24, 2.45) is 13.0 Å². The minimum absolute atomic E-state index is 0.170. The fraction of sp³-hybridized carbons (Fsp3) is 0.450. The van der Waals surface area contributed by atoms with Crippen LogP contribution in [-0.4, -0.2) is 27.3 Å². The molecule has 27 heavy (non-hydrogen) atoms. The van der Waals surface area contributed by atoms with E-state index in [0.717, 1.165) is 15.9 Å². The van der Waals surface area contributed by atoms with E-state index in [4.69, 9.17) is 4.74 Å². The van der Waals surface area contributed by atoms with Crippen LogP contribution in [0.2, 0.25) is 0 Å². The van der Waals surface area contributed by atoms with Crippen molar-refractivity contribution in [2.75, 3.05) is 11.9 Å². The second-order valence-electron chi connectivity index (χ2n) is 7.16. The van der Waals surface area contributed by atoms with Gasteiger partial charge in [-0.1, -0.05) is 19.3 Å². The van der Waals surface area contributed by atoms with Gasteiger partial charge in [-0.3, -0.25) is 9.48 Å². The topological polar surface area (TPSA) is 69.0 Å². The Morgan fingerprint density at radius 1 is 1.37 bits per heavy atom. The van der Waals surface area contributed by atoms with Crippen LogP contribution in [0.5, 0.6) is 5.75 Å². The van der Waals surface area contributed by atoms with Crippen LogP contribution in [0.25, 0.3) is 10.2 Å². The largest absolute Gasteiger partial charge is 0.489 e. The Morgan fingerprint density at radius 3 is 2.96 bits per heavy atom.